The monoisotopic (exact) mass is 413 g/mol. The second-order valence-electron chi connectivity index (χ2n) is 8.15. The van der Waals surface area contributed by atoms with Gasteiger partial charge in [-0.3, -0.25) is 4.79 Å². The molecule has 7 nitrogen and oxygen atoms in total. The SMILES string of the molecule is CC1COc2c(C3CCC(NCCC#N)CC3)c(F)cc3c(=O)c(C(=O)O)cn1c23. The lowest BCUT2D eigenvalue weighted by atomic mass is 9.80. The Morgan fingerprint density at radius 1 is 1.40 bits per heavy atom. The van der Waals surface area contributed by atoms with E-state index in [0.29, 0.717) is 35.8 Å². The molecule has 1 aromatic heterocycles. The van der Waals surface area contributed by atoms with Gasteiger partial charge in [-0.05, 0) is 44.6 Å². The molecule has 2 heterocycles. The van der Waals surface area contributed by atoms with E-state index in [2.05, 4.69) is 11.4 Å². The summed E-state index contributed by atoms with van der Waals surface area (Å²) in [5.41, 5.74) is -0.0858. The standard InChI is InChI=1S/C22H24FN3O4/c1-12-11-30-21-18(13-3-5-14(6-4-13)25-8-2-7-24)17(23)9-15-19(21)26(12)10-16(20(15)27)22(28)29/h9-10,12-14,25H,2-6,8,11H2,1H3,(H,28,29). The van der Waals surface area contributed by atoms with E-state index in [9.17, 15) is 14.7 Å². The zero-order chi connectivity index (χ0) is 21.4. The molecule has 1 aliphatic carbocycles. The summed E-state index contributed by atoms with van der Waals surface area (Å²) in [4.78, 5) is 24.2. The molecular formula is C22H24FN3O4. The number of ether oxygens (including phenoxy) is 1. The van der Waals surface area contributed by atoms with Crippen molar-refractivity contribution in [2.75, 3.05) is 13.2 Å². The smallest absolute Gasteiger partial charge is 0.341 e. The number of rotatable bonds is 5. The molecule has 0 radical (unpaired) electrons. The van der Waals surface area contributed by atoms with Gasteiger partial charge in [0.1, 0.15) is 23.7 Å². The van der Waals surface area contributed by atoms with Crippen molar-refractivity contribution < 1.29 is 19.0 Å². The summed E-state index contributed by atoms with van der Waals surface area (Å²) in [5.74, 6) is -1.50. The van der Waals surface area contributed by atoms with E-state index < -0.39 is 17.2 Å². The third-order valence-electron chi connectivity index (χ3n) is 6.24. The minimum Gasteiger partial charge on any atom is -0.489 e. The summed E-state index contributed by atoms with van der Waals surface area (Å²) in [5, 5.41) is 21.5. The van der Waals surface area contributed by atoms with Crippen LogP contribution < -0.4 is 15.5 Å². The van der Waals surface area contributed by atoms with Crippen LogP contribution in [0.2, 0.25) is 0 Å². The number of pyridine rings is 1. The van der Waals surface area contributed by atoms with Gasteiger partial charge >= 0.3 is 5.97 Å². The van der Waals surface area contributed by atoms with E-state index >= 15 is 4.39 Å². The van der Waals surface area contributed by atoms with E-state index in [4.69, 9.17) is 10.00 Å². The highest BCUT2D eigenvalue weighted by molar-refractivity contribution is 5.95. The first kappa shape index (κ1) is 20.4. The zero-order valence-corrected chi connectivity index (χ0v) is 16.8. The van der Waals surface area contributed by atoms with Crippen molar-refractivity contribution in [3.8, 4) is 11.8 Å². The van der Waals surface area contributed by atoms with Gasteiger partial charge in [0.15, 0.2) is 0 Å². The zero-order valence-electron chi connectivity index (χ0n) is 16.8. The van der Waals surface area contributed by atoms with Crippen molar-refractivity contribution in [1.29, 1.82) is 5.26 Å². The molecule has 8 heteroatoms. The highest BCUT2D eigenvalue weighted by atomic mass is 19.1. The molecule has 1 unspecified atom stereocenters. The number of nitrogens with one attached hydrogen (secondary N) is 1. The highest BCUT2D eigenvalue weighted by Gasteiger charge is 2.32. The van der Waals surface area contributed by atoms with Crippen LogP contribution >= 0.6 is 0 Å². The fourth-order valence-electron chi connectivity index (χ4n) is 4.70. The lowest BCUT2D eigenvalue weighted by Crippen LogP contribution is -2.34. The molecule has 0 spiro atoms. The maximum absolute atomic E-state index is 15.2. The van der Waals surface area contributed by atoms with Gasteiger partial charge in [-0.2, -0.15) is 5.26 Å². The van der Waals surface area contributed by atoms with E-state index in [1.165, 1.54) is 12.3 Å². The normalized spacial score (nSPS) is 23.0. The number of aromatic carboxylic acids is 1. The summed E-state index contributed by atoms with van der Waals surface area (Å²) in [6.45, 7) is 2.81. The molecule has 1 aliphatic heterocycles. The van der Waals surface area contributed by atoms with E-state index in [1.807, 2.05) is 6.92 Å². The maximum atomic E-state index is 15.2. The summed E-state index contributed by atoms with van der Waals surface area (Å²) in [6, 6.07) is 3.44. The van der Waals surface area contributed by atoms with Gasteiger partial charge in [0.05, 0.1) is 23.0 Å². The second kappa shape index (κ2) is 8.07. The minimum absolute atomic E-state index is 0.0328. The van der Waals surface area contributed by atoms with Crippen LogP contribution in [0, 0.1) is 17.1 Å². The van der Waals surface area contributed by atoms with E-state index in [-0.39, 0.29) is 29.5 Å². The third kappa shape index (κ3) is 3.43. The first-order valence-electron chi connectivity index (χ1n) is 10.3. The minimum atomic E-state index is -1.32. The number of halogens is 1. The number of hydrogen-bond donors (Lipinski definition) is 2. The van der Waals surface area contributed by atoms with Crippen molar-refractivity contribution in [3.63, 3.8) is 0 Å². The van der Waals surface area contributed by atoms with Crippen LogP contribution in [0.25, 0.3) is 10.9 Å². The average molecular weight is 413 g/mol. The van der Waals surface area contributed by atoms with Gasteiger partial charge < -0.3 is 19.7 Å². The number of carboxylic acid groups (broad SMARTS) is 1. The summed E-state index contributed by atoms with van der Waals surface area (Å²) in [6.07, 6.45) is 5.10. The highest BCUT2D eigenvalue weighted by Crippen LogP contribution is 2.44. The van der Waals surface area contributed by atoms with Crippen LogP contribution in [0.15, 0.2) is 17.1 Å². The Hall–Kier alpha value is -2.92. The van der Waals surface area contributed by atoms with Crippen LogP contribution in [0.1, 0.15) is 66.9 Å². The molecule has 0 amide bonds. The Balaban J connectivity index is 1.74. The molecule has 1 saturated carbocycles. The lowest BCUT2D eigenvalue weighted by Gasteiger charge is -2.33. The van der Waals surface area contributed by atoms with E-state index in [1.54, 1.807) is 4.57 Å². The first-order chi connectivity index (χ1) is 14.4. The van der Waals surface area contributed by atoms with Gasteiger partial charge in [-0.15, -0.1) is 0 Å². The molecular weight excluding hydrogens is 389 g/mol. The van der Waals surface area contributed by atoms with Crippen molar-refractivity contribution in [3.05, 3.63) is 39.4 Å². The molecule has 0 saturated heterocycles. The van der Waals surface area contributed by atoms with Crippen LogP contribution in [0.5, 0.6) is 5.75 Å². The van der Waals surface area contributed by atoms with Crippen LogP contribution in [0.3, 0.4) is 0 Å². The Labute approximate surface area is 173 Å². The Morgan fingerprint density at radius 3 is 2.80 bits per heavy atom. The number of nitriles is 1. The maximum Gasteiger partial charge on any atom is 0.341 e. The van der Waals surface area contributed by atoms with Crippen LogP contribution in [0.4, 0.5) is 4.39 Å². The Bertz CT molecular complexity index is 1100. The third-order valence-corrected chi connectivity index (χ3v) is 6.24. The van der Waals surface area contributed by atoms with Crippen molar-refractivity contribution in [2.45, 2.75) is 57.0 Å². The van der Waals surface area contributed by atoms with Crippen molar-refractivity contribution >= 4 is 16.9 Å². The van der Waals surface area contributed by atoms with Gasteiger partial charge in [0.2, 0.25) is 5.43 Å². The molecule has 2 N–H and O–H groups in total. The molecule has 30 heavy (non-hydrogen) atoms. The number of hydrogen-bond acceptors (Lipinski definition) is 5. The van der Waals surface area contributed by atoms with Gasteiger partial charge in [0, 0.05) is 30.8 Å². The number of aromatic nitrogens is 1. The van der Waals surface area contributed by atoms with Gasteiger partial charge in [-0.1, -0.05) is 0 Å². The molecule has 0 bridgehead atoms. The topological polar surface area (TPSA) is 104 Å². The Kier molecular flexibility index (Phi) is 5.48. The van der Waals surface area contributed by atoms with Crippen molar-refractivity contribution in [2.24, 2.45) is 0 Å². The predicted octanol–water partition coefficient (Wildman–Crippen LogP) is 3.32. The van der Waals surface area contributed by atoms with Gasteiger partial charge in [-0.25, -0.2) is 9.18 Å². The fourth-order valence-corrected chi connectivity index (χ4v) is 4.70. The van der Waals surface area contributed by atoms with Crippen molar-refractivity contribution in [1.82, 2.24) is 9.88 Å². The summed E-state index contributed by atoms with van der Waals surface area (Å²) < 4.78 is 22.9. The average Bonchev–Trinajstić information content (AvgIpc) is 2.72. The predicted molar refractivity (Wildman–Crippen MR) is 109 cm³/mol. The molecule has 158 valence electrons. The second-order valence-corrected chi connectivity index (χ2v) is 8.15. The molecule has 1 atom stereocenters. The Morgan fingerprint density at radius 2 is 2.13 bits per heavy atom. The number of carboxylic acids is 1. The molecule has 1 aromatic carbocycles. The molecule has 2 aliphatic rings. The quantitative estimate of drug-likeness (QED) is 0.729. The number of benzene rings is 1. The molecule has 2 aromatic rings. The summed E-state index contributed by atoms with van der Waals surface area (Å²) in [7, 11) is 0. The van der Waals surface area contributed by atoms with E-state index in [0.717, 1.165) is 25.7 Å². The van der Waals surface area contributed by atoms with Crippen LogP contribution in [-0.2, 0) is 0 Å². The molecule has 1 fully saturated rings. The van der Waals surface area contributed by atoms with Crippen LogP contribution in [-0.4, -0.2) is 34.8 Å². The summed E-state index contributed by atoms with van der Waals surface area (Å²) >= 11 is 0. The lowest BCUT2D eigenvalue weighted by molar-refractivity contribution is 0.0694. The first-order valence-corrected chi connectivity index (χ1v) is 10.3. The number of nitrogens with zero attached hydrogens (tertiary/aromatic N) is 2. The number of carbonyl (C=O) groups is 1. The molecule has 4 rings (SSSR count). The fraction of sp³-hybridized carbons (Fsp3) is 0.500. The van der Waals surface area contributed by atoms with Gasteiger partial charge in [0.25, 0.3) is 0 Å². The largest absolute Gasteiger partial charge is 0.489 e.